The second-order valence-corrected chi connectivity index (χ2v) is 7.46. The first kappa shape index (κ1) is 24.5. The topological polar surface area (TPSA) is 79.6 Å². The fraction of sp³-hybridized carbons (Fsp3) is 0.571. The molecule has 1 atom stereocenters. The van der Waals surface area contributed by atoms with Gasteiger partial charge in [-0.15, -0.1) is 34.2 Å². The normalized spacial score (nSPS) is 16.0. The van der Waals surface area contributed by atoms with E-state index in [0.29, 0.717) is 12.5 Å². The summed E-state index contributed by atoms with van der Waals surface area (Å²) in [5, 5.41) is 15.3. The van der Waals surface area contributed by atoms with Crippen molar-refractivity contribution in [3.63, 3.8) is 0 Å². The van der Waals surface area contributed by atoms with Crippen LogP contribution in [0.15, 0.2) is 35.3 Å². The molecule has 1 fully saturated rings. The smallest absolute Gasteiger partial charge is 0.191 e. The molecule has 1 aromatic heterocycles. The molecule has 0 bridgehead atoms. The molecule has 2 N–H and O–H groups in total. The summed E-state index contributed by atoms with van der Waals surface area (Å²) in [6, 6.07) is 10.5. The Morgan fingerprint density at radius 1 is 1.17 bits per heavy atom. The third-order valence-electron chi connectivity index (χ3n) is 5.33. The van der Waals surface area contributed by atoms with Gasteiger partial charge in [0.15, 0.2) is 11.8 Å². The minimum absolute atomic E-state index is 0. The molecule has 1 saturated heterocycles. The lowest BCUT2D eigenvalue weighted by Gasteiger charge is -2.27. The van der Waals surface area contributed by atoms with Crippen molar-refractivity contribution in [2.75, 3.05) is 45.9 Å². The SMILES string of the molecule is Cc1nnc(CN=C(NCCN2CCOCC2)NCC(C)c2ccccc2)n1C.I. The number of aliphatic imine (C=N–C) groups is 1. The zero-order valence-electron chi connectivity index (χ0n) is 18.2. The molecule has 2 heterocycles. The standard InChI is InChI=1S/C21H33N7O.HI/c1-17(19-7-5-4-6-8-19)15-23-21(22-9-10-28-11-13-29-14-12-28)24-16-20-26-25-18(2)27(20)3;/h4-8,17H,9-16H2,1-3H3,(H2,22,23,24);1H. The fourth-order valence-corrected chi connectivity index (χ4v) is 3.22. The van der Waals surface area contributed by atoms with E-state index < -0.39 is 0 Å². The number of hydrogen-bond donors (Lipinski definition) is 2. The maximum Gasteiger partial charge on any atom is 0.191 e. The summed E-state index contributed by atoms with van der Waals surface area (Å²) in [5.41, 5.74) is 1.32. The Balaban J connectivity index is 0.00000320. The van der Waals surface area contributed by atoms with Crippen LogP contribution in [0.5, 0.6) is 0 Å². The number of rotatable bonds is 8. The highest BCUT2D eigenvalue weighted by atomic mass is 127. The molecule has 0 amide bonds. The Bertz CT molecular complexity index is 775. The van der Waals surface area contributed by atoms with Gasteiger partial charge in [-0.3, -0.25) is 4.90 Å². The minimum Gasteiger partial charge on any atom is -0.379 e. The molecule has 0 radical (unpaired) electrons. The second-order valence-electron chi connectivity index (χ2n) is 7.46. The second kappa shape index (κ2) is 12.9. The van der Waals surface area contributed by atoms with Crippen molar-refractivity contribution in [1.82, 2.24) is 30.3 Å². The largest absolute Gasteiger partial charge is 0.379 e. The highest BCUT2D eigenvalue weighted by Gasteiger charge is 2.11. The number of nitrogens with zero attached hydrogens (tertiary/aromatic N) is 5. The molecule has 0 aliphatic carbocycles. The monoisotopic (exact) mass is 527 g/mol. The Morgan fingerprint density at radius 3 is 2.57 bits per heavy atom. The van der Waals surface area contributed by atoms with E-state index in [4.69, 9.17) is 9.73 Å². The lowest BCUT2D eigenvalue weighted by Crippen LogP contribution is -2.45. The summed E-state index contributed by atoms with van der Waals surface area (Å²) in [7, 11) is 1.97. The summed E-state index contributed by atoms with van der Waals surface area (Å²) in [4.78, 5) is 7.15. The van der Waals surface area contributed by atoms with Gasteiger partial charge < -0.3 is 19.9 Å². The van der Waals surface area contributed by atoms with Gasteiger partial charge in [-0.2, -0.15) is 0 Å². The van der Waals surface area contributed by atoms with Gasteiger partial charge in [0.05, 0.1) is 13.2 Å². The predicted octanol–water partition coefficient (Wildman–Crippen LogP) is 1.91. The zero-order valence-corrected chi connectivity index (χ0v) is 20.5. The lowest BCUT2D eigenvalue weighted by atomic mass is 10.0. The number of benzene rings is 1. The number of aromatic nitrogens is 3. The van der Waals surface area contributed by atoms with Gasteiger partial charge in [-0.25, -0.2) is 4.99 Å². The van der Waals surface area contributed by atoms with Crippen LogP contribution in [0, 0.1) is 6.92 Å². The summed E-state index contributed by atoms with van der Waals surface area (Å²) in [6.07, 6.45) is 0. The van der Waals surface area contributed by atoms with E-state index in [-0.39, 0.29) is 24.0 Å². The van der Waals surface area contributed by atoms with Crippen molar-refractivity contribution in [3.8, 4) is 0 Å². The maximum absolute atomic E-state index is 5.42. The summed E-state index contributed by atoms with van der Waals surface area (Å²) < 4.78 is 7.40. The van der Waals surface area contributed by atoms with Crippen LogP contribution >= 0.6 is 24.0 Å². The predicted molar refractivity (Wildman–Crippen MR) is 130 cm³/mol. The molecule has 8 nitrogen and oxygen atoms in total. The fourth-order valence-electron chi connectivity index (χ4n) is 3.22. The first-order valence-corrected chi connectivity index (χ1v) is 10.4. The molecule has 1 unspecified atom stereocenters. The maximum atomic E-state index is 5.42. The Labute approximate surface area is 196 Å². The number of ether oxygens (including phenoxy) is 1. The molecule has 1 aliphatic heterocycles. The van der Waals surface area contributed by atoms with Gasteiger partial charge in [0, 0.05) is 39.8 Å². The molecule has 1 aromatic carbocycles. The van der Waals surface area contributed by atoms with Crippen molar-refractivity contribution in [2.45, 2.75) is 26.3 Å². The van der Waals surface area contributed by atoms with Crippen molar-refractivity contribution in [3.05, 3.63) is 47.5 Å². The van der Waals surface area contributed by atoms with Crippen LogP contribution in [-0.4, -0.2) is 71.6 Å². The van der Waals surface area contributed by atoms with Crippen LogP contribution in [-0.2, 0) is 18.3 Å². The highest BCUT2D eigenvalue weighted by Crippen LogP contribution is 2.12. The Hall–Kier alpha value is -1.72. The molecule has 0 saturated carbocycles. The molecule has 1 aliphatic rings. The number of morpholine rings is 1. The zero-order chi connectivity index (χ0) is 20.5. The van der Waals surface area contributed by atoms with Gasteiger partial charge in [0.2, 0.25) is 0 Å². The van der Waals surface area contributed by atoms with Gasteiger partial charge >= 0.3 is 0 Å². The lowest BCUT2D eigenvalue weighted by molar-refractivity contribution is 0.0389. The van der Waals surface area contributed by atoms with E-state index in [1.807, 2.05) is 24.6 Å². The van der Waals surface area contributed by atoms with Crippen LogP contribution in [0.3, 0.4) is 0 Å². The van der Waals surface area contributed by atoms with Gasteiger partial charge in [0.25, 0.3) is 0 Å². The molecule has 2 aromatic rings. The Morgan fingerprint density at radius 2 is 1.90 bits per heavy atom. The molecule has 3 rings (SSSR count). The van der Waals surface area contributed by atoms with E-state index in [1.165, 1.54) is 5.56 Å². The van der Waals surface area contributed by atoms with Gasteiger partial charge in [-0.05, 0) is 18.4 Å². The highest BCUT2D eigenvalue weighted by molar-refractivity contribution is 14.0. The van der Waals surface area contributed by atoms with Crippen LogP contribution in [0.2, 0.25) is 0 Å². The summed E-state index contributed by atoms with van der Waals surface area (Å²) in [5.74, 6) is 2.94. The van der Waals surface area contributed by atoms with Crippen LogP contribution in [0.1, 0.15) is 30.1 Å². The van der Waals surface area contributed by atoms with Crippen molar-refractivity contribution >= 4 is 29.9 Å². The van der Waals surface area contributed by atoms with E-state index in [0.717, 1.165) is 63.5 Å². The van der Waals surface area contributed by atoms with E-state index in [2.05, 4.69) is 56.9 Å². The first-order chi connectivity index (χ1) is 14.1. The van der Waals surface area contributed by atoms with Crippen LogP contribution in [0.4, 0.5) is 0 Å². The molecule has 9 heteroatoms. The average molecular weight is 527 g/mol. The molecular formula is C21H34IN7O. The molecule has 30 heavy (non-hydrogen) atoms. The van der Waals surface area contributed by atoms with Crippen molar-refractivity contribution in [2.24, 2.45) is 12.0 Å². The Kier molecular flexibility index (Phi) is 10.5. The van der Waals surface area contributed by atoms with E-state index in [9.17, 15) is 0 Å². The van der Waals surface area contributed by atoms with E-state index >= 15 is 0 Å². The summed E-state index contributed by atoms with van der Waals surface area (Å²) >= 11 is 0. The number of aryl methyl sites for hydroxylation is 1. The van der Waals surface area contributed by atoms with Crippen molar-refractivity contribution < 1.29 is 4.74 Å². The molecule has 0 spiro atoms. The van der Waals surface area contributed by atoms with Gasteiger partial charge in [0.1, 0.15) is 12.4 Å². The minimum atomic E-state index is 0. The number of nitrogens with one attached hydrogen (secondary N) is 2. The third-order valence-corrected chi connectivity index (χ3v) is 5.33. The molecule has 166 valence electrons. The number of guanidine groups is 1. The average Bonchev–Trinajstić information content (AvgIpc) is 3.08. The summed E-state index contributed by atoms with van der Waals surface area (Å²) in [6.45, 7) is 10.9. The van der Waals surface area contributed by atoms with Crippen LogP contribution < -0.4 is 10.6 Å². The number of halogens is 1. The first-order valence-electron chi connectivity index (χ1n) is 10.4. The third kappa shape index (κ3) is 7.51. The number of hydrogen-bond acceptors (Lipinski definition) is 5. The van der Waals surface area contributed by atoms with Crippen molar-refractivity contribution in [1.29, 1.82) is 0 Å². The van der Waals surface area contributed by atoms with E-state index in [1.54, 1.807) is 0 Å². The molecular weight excluding hydrogens is 493 g/mol. The quantitative estimate of drug-likeness (QED) is 0.310. The van der Waals surface area contributed by atoms with Gasteiger partial charge in [-0.1, -0.05) is 37.3 Å². The van der Waals surface area contributed by atoms with Crippen LogP contribution in [0.25, 0.3) is 0 Å².